The molecule has 0 spiro atoms. The van der Waals surface area contributed by atoms with Crippen LogP contribution >= 0.6 is 0 Å². The van der Waals surface area contributed by atoms with Gasteiger partial charge in [-0.05, 0) is 54.6 Å². The van der Waals surface area contributed by atoms with Gasteiger partial charge in [-0.1, -0.05) is 25.7 Å². The first-order chi connectivity index (χ1) is 17.1. The van der Waals surface area contributed by atoms with E-state index in [-0.39, 0.29) is 17.4 Å². The average Bonchev–Trinajstić information content (AvgIpc) is 3.21. The van der Waals surface area contributed by atoms with E-state index in [1.165, 1.54) is 12.1 Å². The monoisotopic (exact) mass is 523 g/mol. The lowest BCUT2D eigenvalue weighted by Gasteiger charge is -2.16. The van der Waals surface area contributed by atoms with Crippen LogP contribution in [0.2, 0.25) is 25.7 Å². The van der Waals surface area contributed by atoms with E-state index in [2.05, 4.69) is 24.6 Å². The summed E-state index contributed by atoms with van der Waals surface area (Å²) < 4.78 is 37.7. The summed E-state index contributed by atoms with van der Waals surface area (Å²) in [5.74, 6) is 1.27. The zero-order chi connectivity index (χ0) is 25.9. The van der Waals surface area contributed by atoms with Gasteiger partial charge in [0.25, 0.3) is 0 Å². The lowest BCUT2D eigenvalue weighted by molar-refractivity contribution is 0.0909. The van der Waals surface area contributed by atoms with E-state index in [1.807, 2.05) is 28.8 Å². The number of ether oxygens (including phenoxy) is 2. The summed E-state index contributed by atoms with van der Waals surface area (Å²) in [6.07, 6.45) is 3.55. The second-order valence-corrected chi connectivity index (χ2v) is 17.4. The maximum Gasteiger partial charge on any atom is 0.175 e. The van der Waals surface area contributed by atoms with E-state index in [4.69, 9.17) is 14.5 Å². The molecule has 0 unspecified atom stereocenters. The fraction of sp³-hybridized carbons (Fsp3) is 0.269. The van der Waals surface area contributed by atoms with Crippen LogP contribution in [0.3, 0.4) is 0 Å². The van der Waals surface area contributed by atoms with Gasteiger partial charge in [0.1, 0.15) is 23.7 Å². The van der Waals surface area contributed by atoms with Crippen LogP contribution in [0.15, 0.2) is 65.7 Å². The Hall–Kier alpha value is -3.34. The first-order valence-electron chi connectivity index (χ1n) is 11.5. The first kappa shape index (κ1) is 25.7. The second-order valence-electron chi connectivity index (χ2n) is 9.74. The van der Waals surface area contributed by atoms with E-state index in [9.17, 15) is 13.2 Å². The van der Waals surface area contributed by atoms with Crippen LogP contribution in [0.1, 0.15) is 10.4 Å². The number of carbonyl (C=O) groups excluding carboxylic acids is 1. The highest BCUT2D eigenvalue weighted by Gasteiger charge is 2.21. The van der Waals surface area contributed by atoms with E-state index in [1.54, 1.807) is 24.4 Å². The fourth-order valence-electron chi connectivity index (χ4n) is 3.61. The summed E-state index contributed by atoms with van der Waals surface area (Å²) in [5.41, 5.74) is 2.21. The molecule has 0 saturated carbocycles. The number of imidazole rings is 1. The quantitative estimate of drug-likeness (QED) is 0.155. The van der Waals surface area contributed by atoms with Crippen LogP contribution in [-0.4, -0.2) is 50.2 Å². The first-order valence-corrected chi connectivity index (χ1v) is 17.1. The normalized spacial score (nSPS) is 12.1. The van der Waals surface area contributed by atoms with Crippen LogP contribution in [0, 0.1) is 0 Å². The van der Waals surface area contributed by atoms with E-state index < -0.39 is 17.9 Å². The van der Waals surface area contributed by atoms with Gasteiger partial charge in [0, 0.05) is 27.1 Å². The third-order valence-corrected chi connectivity index (χ3v) is 8.45. The molecule has 4 aromatic rings. The molecular weight excluding hydrogens is 494 g/mol. The van der Waals surface area contributed by atoms with Crippen molar-refractivity contribution in [2.24, 2.45) is 0 Å². The number of benzene rings is 2. The third-order valence-electron chi connectivity index (χ3n) is 5.61. The maximum atomic E-state index is 11.9. The molecule has 0 aliphatic rings. The molecule has 0 amide bonds. The topological polar surface area (TPSA) is 100 Å². The Labute approximate surface area is 211 Å². The number of fused-ring (bicyclic) bond motifs is 1. The number of hydrogen-bond donors (Lipinski definition) is 0. The minimum absolute atomic E-state index is 0.181. The molecule has 0 N–H and O–H groups in total. The van der Waals surface area contributed by atoms with Gasteiger partial charge in [0.15, 0.2) is 27.7 Å². The number of aromatic nitrogens is 3. The van der Waals surface area contributed by atoms with Crippen LogP contribution in [0.25, 0.3) is 22.6 Å². The summed E-state index contributed by atoms with van der Waals surface area (Å²) in [6, 6.07) is 16.2. The summed E-state index contributed by atoms with van der Waals surface area (Å²) in [4.78, 5) is 21.4. The molecular formula is C26H29N3O5SSi. The summed E-state index contributed by atoms with van der Waals surface area (Å²) >= 11 is 0. The van der Waals surface area contributed by atoms with E-state index in [0.29, 0.717) is 41.2 Å². The van der Waals surface area contributed by atoms with Gasteiger partial charge in [-0.2, -0.15) is 0 Å². The lowest BCUT2D eigenvalue weighted by atomic mass is 10.2. The molecule has 8 nitrogen and oxygen atoms in total. The fourth-order valence-corrected chi connectivity index (χ4v) is 5.00. The molecule has 0 aliphatic carbocycles. The Kier molecular flexibility index (Phi) is 7.39. The number of carbonyl (C=O) groups is 1. The number of pyridine rings is 1. The number of aldehydes is 1. The zero-order valence-corrected chi connectivity index (χ0v) is 22.6. The largest absolute Gasteiger partial charge is 0.454 e. The Balaban J connectivity index is 1.77. The Morgan fingerprint density at radius 3 is 2.39 bits per heavy atom. The van der Waals surface area contributed by atoms with Crippen molar-refractivity contribution in [2.75, 3.05) is 12.9 Å². The number of hydrogen-bond acceptors (Lipinski definition) is 7. The number of nitrogens with zero attached hydrogens (tertiary/aromatic N) is 3. The average molecular weight is 524 g/mol. The number of sulfone groups is 1. The van der Waals surface area contributed by atoms with Crippen LogP contribution in [0.5, 0.6) is 11.5 Å². The van der Waals surface area contributed by atoms with Crippen molar-refractivity contribution in [3.05, 3.63) is 66.4 Å². The SMILES string of the molecule is C[Si](C)(C)CCOCn1c(-c2ccccn2)nc2c(Oc3ccc(S(C)(=O)=O)cc3)c(C=O)ccc21. The van der Waals surface area contributed by atoms with E-state index >= 15 is 0 Å². The molecule has 0 radical (unpaired) electrons. The smallest absolute Gasteiger partial charge is 0.175 e. The summed E-state index contributed by atoms with van der Waals surface area (Å²) in [7, 11) is -4.59. The summed E-state index contributed by atoms with van der Waals surface area (Å²) in [5, 5.41) is 0. The van der Waals surface area contributed by atoms with Crippen LogP contribution in [-0.2, 0) is 21.3 Å². The maximum absolute atomic E-state index is 11.9. The van der Waals surface area contributed by atoms with Crippen molar-refractivity contribution in [1.82, 2.24) is 14.5 Å². The molecule has 0 saturated heterocycles. The van der Waals surface area contributed by atoms with E-state index in [0.717, 1.165) is 17.8 Å². The van der Waals surface area contributed by atoms with Gasteiger partial charge in [-0.3, -0.25) is 14.3 Å². The van der Waals surface area contributed by atoms with Gasteiger partial charge in [0.05, 0.1) is 16.0 Å². The van der Waals surface area contributed by atoms with Gasteiger partial charge in [-0.15, -0.1) is 0 Å². The molecule has 2 aromatic carbocycles. The Bertz CT molecular complexity index is 1480. The van der Waals surface area contributed by atoms with Crippen LogP contribution < -0.4 is 4.74 Å². The highest BCUT2D eigenvalue weighted by Crippen LogP contribution is 2.35. The number of rotatable bonds is 10. The Morgan fingerprint density at radius 1 is 1.03 bits per heavy atom. The van der Waals surface area contributed by atoms with Crippen molar-refractivity contribution < 1.29 is 22.7 Å². The Morgan fingerprint density at radius 2 is 1.78 bits per heavy atom. The molecule has 0 fully saturated rings. The van der Waals surface area contributed by atoms with Gasteiger partial charge in [-0.25, -0.2) is 13.4 Å². The third kappa shape index (κ3) is 5.89. The zero-order valence-electron chi connectivity index (χ0n) is 20.8. The van der Waals surface area contributed by atoms with Gasteiger partial charge < -0.3 is 9.47 Å². The lowest BCUT2D eigenvalue weighted by Crippen LogP contribution is -2.22. The van der Waals surface area contributed by atoms with Crippen LogP contribution in [0.4, 0.5) is 0 Å². The highest BCUT2D eigenvalue weighted by molar-refractivity contribution is 7.90. The molecule has 2 aromatic heterocycles. The molecule has 10 heteroatoms. The molecule has 2 heterocycles. The minimum atomic E-state index is -3.34. The molecule has 0 aliphatic heterocycles. The van der Waals surface area contributed by atoms with Crippen molar-refractivity contribution in [3.8, 4) is 23.0 Å². The second kappa shape index (κ2) is 10.3. The minimum Gasteiger partial charge on any atom is -0.454 e. The predicted octanol–water partition coefficient (Wildman–Crippen LogP) is 5.42. The van der Waals surface area contributed by atoms with Gasteiger partial charge in [0.2, 0.25) is 0 Å². The molecule has 0 atom stereocenters. The van der Waals surface area contributed by atoms with Crippen molar-refractivity contribution in [3.63, 3.8) is 0 Å². The van der Waals surface area contributed by atoms with Crippen molar-refractivity contribution in [2.45, 2.75) is 37.3 Å². The van der Waals surface area contributed by atoms with Crippen molar-refractivity contribution >= 4 is 35.2 Å². The standard InChI is InChI=1S/C26H29N3O5SSi/c1-35(31,32)21-11-9-20(10-12-21)34-25-19(17-30)8-13-23-24(25)28-26(22-7-5-6-14-27-22)29(23)18-33-15-16-36(2,3)4/h5-14,17H,15-16,18H2,1-4H3. The summed E-state index contributed by atoms with van der Waals surface area (Å²) in [6.45, 7) is 7.81. The van der Waals surface area contributed by atoms with Gasteiger partial charge >= 0.3 is 0 Å². The molecule has 36 heavy (non-hydrogen) atoms. The highest BCUT2D eigenvalue weighted by atomic mass is 32.2. The molecule has 4 rings (SSSR count). The molecule has 0 bridgehead atoms. The van der Waals surface area contributed by atoms with Crippen molar-refractivity contribution in [1.29, 1.82) is 0 Å². The predicted molar refractivity (Wildman–Crippen MR) is 142 cm³/mol. The molecule has 188 valence electrons.